The van der Waals surface area contributed by atoms with Gasteiger partial charge in [0.25, 0.3) is 0 Å². The molecule has 13 heavy (non-hydrogen) atoms. The molecule has 0 radical (unpaired) electrons. The van der Waals surface area contributed by atoms with Crippen LogP contribution in [0.25, 0.3) is 5.82 Å². The summed E-state index contributed by atoms with van der Waals surface area (Å²) in [5.41, 5.74) is 5.58. The molecule has 0 spiro atoms. The van der Waals surface area contributed by atoms with Crippen molar-refractivity contribution in [3.8, 4) is 5.82 Å². The van der Waals surface area contributed by atoms with Gasteiger partial charge in [0.15, 0.2) is 0 Å². The molecule has 2 aromatic heterocycles. The fraction of sp³-hybridized carbons (Fsp3) is 0.125. The number of nitrogen functional groups attached to an aromatic ring is 1. The summed E-state index contributed by atoms with van der Waals surface area (Å²) in [5, 5.41) is 0. The van der Waals surface area contributed by atoms with Gasteiger partial charge < -0.3 is 5.73 Å². The van der Waals surface area contributed by atoms with E-state index in [4.69, 9.17) is 5.73 Å². The molecule has 0 saturated heterocycles. The summed E-state index contributed by atoms with van der Waals surface area (Å²) in [6, 6.07) is 1.70. The molecule has 2 aromatic rings. The van der Waals surface area contributed by atoms with Gasteiger partial charge in [0.2, 0.25) is 0 Å². The number of rotatable bonds is 1. The monoisotopic (exact) mass is 175 g/mol. The van der Waals surface area contributed by atoms with E-state index in [9.17, 15) is 0 Å². The quantitative estimate of drug-likeness (QED) is 0.687. The molecule has 0 unspecified atom stereocenters. The molecule has 0 bridgehead atoms. The second-order valence-electron chi connectivity index (χ2n) is 2.67. The first-order chi connectivity index (χ1) is 6.25. The van der Waals surface area contributed by atoms with Gasteiger partial charge in [-0.15, -0.1) is 0 Å². The first-order valence-electron chi connectivity index (χ1n) is 3.85. The Morgan fingerprint density at radius 1 is 1.38 bits per heavy atom. The van der Waals surface area contributed by atoms with Crippen molar-refractivity contribution in [2.45, 2.75) is 6.92 Å². The van der Waals surface area contributed by atoms with Gasteiger partial charge in [0.1, 0.15) is 23.8 Å². The summed E-state index contributed by atoms with van der Waals surface area (Å²) in [5.74, 6) is 1.86. The number of hydrogen-bond acceptors (Lipinski definition) is 4. The standard InChI is InChI=1S/C8H9N5/c1-6-11-7(9)4-8(12-6)13-3-2-10-5-13/h2-5H,1H3,(H2,9,11,12). The van der Waals surface area contributed by atoms with E-state index in [0.29, 0.717) is 11.6 Å². The zero-order chi connectivity index (χ0) is 9.26. The molecule has 5 nitrogen and oxygen atoms in total. The molecule has 0 aliphatic rings. The van der Waals surface area contributed by atoms with E-state index in [0.717, 1.165) is 5.82 Å². The van der Waals surface area contributed by atoms with Gasteiger partial charge in [-0.1, -0.05) is 0 Å². The van der Waals surface area contributed by atoms with Crippen LogP contribution in [0.5, 0.6) is 0 Å². The van der Waals surface area contributed by atoms with Crippen LogP contribution in [0.4, 0.5) is 5.82 Å². The highest BCUT2D eigenvalue weighted by Gasteiger charge is 1.99. The Morgan fingerprint density at radius 3 is 2.85 bits per heavy atom. The van der Waals surface area contributed by atoms with E-state index in [1.807, 2.05) is 0 Å². The van der Waals surface area contributed by atoms with E-state index in [-0.39, 0.29) is 0 Å². The maximum absolute atomic E-state index is 5.58. The summed E-state index contributed by atoms with van der Waals surface area (Å²) < 4.78 is 1.78. The Balaban J connectivity index is 2.53. The average Bonchev–Trinajstić information content (AvgIpc) is 2.53. The molecule has 2 heterocycles. The zero-order valence-electron chi connectivity index (χ0n) is 7.18. The Morgan fingerprint density at radius 2 is 2.23 bits per heavy atom. The smallest absolute Gasteiger partial charge is 0.143 e. The molecule has 0 amide bonds. The maximum Gasteiger partial charge on any atom is 0.143 e. The lowest BCUT2D eigenvalue weighted by atomic mass is 10.5. The van der Waals surface area contributed by atoms with Crippen LogP contribution in [0.1, 0.15) is 5.82 Å². The van der Waals surface area contributed by atoms with E-state index >= 15 is 0 Å². The van der Waals surface area contributed by atoms with Crippen molar-refractivity contribution >= 4 is 5.82 Å². The van der Waals surface area contributed by atoms with E-state index in [1.165, 1.54) is 0 Å². The van der Waals surface area contributed by atoms with Crippen molar-refractivity contribution in [1.29, 1.82) is 0 Å². The van der Waals surface area contributed by atoms with Crippen LogP contribution < -0.4 is 5.73 Å². The molecule has 0 saturated carbocycles. The van der Waals surface area contributed by atoms with Gasteiger partial charge in [0.05, 0.1) is 0 Å². The molecule has 0 fully saturated rings. The Hall–Kier alpha value is -1.91. The Labute approximate surface area is 75.3 Å². The normalized spacial score (nSPS) is 10.2. The van der Waals surface area contributed by atoms with Crippen LogP contribution in [0.3, 0.4) is 0 Å². The second kappa shape index (κ2) is 2.85. The van der Waals surface area contributed by atoms with Crippen molar-refractivity contribution < 1.29 is 0 Å². The van der Waals surface area contributed by atoms with Gasteiger partial charge in [-0.25, -0.2) is 15.0 Å². The molecule has 2 N–H and O–H groups in total. The molecule has 0 atom stereocenters. The SMILES string of the molecule is Cc1nc(N)cc(-n2ccnc2)n1. The summed E-state index contributed by atoms with van der Waals surface area (Å²) in [6.07, 6.45) is 5.16. The van der Waals surface area contributed by atoms with E-state index < -0.39 is 0 Å². The topological polar surface area (TPSA) is 69.6 Å². The summed E-state index contributed by atoms with van der Waals surface area (Å²) in [4.78, 5) is 12.1. The van der Waals surface area contributed by atoms with E-state index in [1.54, 1.807) is 36.3 Å². The second-order valence-corrected chi connectivity index (χ2v) is 2.67. The van der Waals surface area contributed by atoms with Crippen molar-refractivity contribution in [3.05, 3.63) is 30.6 Å². The molecular weight excluding hydrogens is 166 g/mol. The molecule has 0 aliphatic carbocycles. The van der Waals surface area contributed by atoms with Crippen molar-refractivity contribution in [3.63, 3.8) is 0 Å². The first-order valence-corrected chi connectivity index (χ1v) is 3.85. The number of hydrogen-bond donors (Lipinski definition) is 1. The third-order valence-electron chi connectivity index (χ3n) is 1.61. The molecular formula is C8H9N5. The number of aryl methyl sites for hydroxylation is 1. The van der Waals surface area contributed by atoms with Gasteiger partial charge in [0, 0.05) is 18.5 Å². The lowest BCUT2D eigenvalue weighted by Crippen LogP contribution is -2.01. The summed E-state index contributed by atoms with van der Waals surface area (Å²) in [7, 11) is 0. The minimum atomic E-state index is 0.469. The van der Waals surface area contributed by atoms with Gasteiger partial charge in [-0.05, 0) is 6.92 Å². The number of nitrogens with zero attached hydrogens (tertiary/aromatic N) is 4. The lowest BCUT2D eigenvalue weighted by Gasteiger charge is -2.02. The third-order valence-corrected chi connectivity index (χ3v) is 1.61. The van der Waals surface area contributed by atoms with Crippen molar-refractivity contribution in [2.75, 3.05) is 5.73 Å². The number of nitrogens with two attached hydrogens (primary N) is 1. The van der Waals surface area contributed by atoms with Crippen LogP contribution in [-0.4, -0.2) is 19.5 Å². The Kier molecular flexibility index (Phi) is 1.70. The third kappa shape index (κ3) is 1.48. The van der Waals surface area contributed by atoms with E-state index in [2.05, 4.69) is 15.0 Å². The minimum absolute atomic E-state index is 0.469. The highest BCUT2D eigenvalue weighted by atomic mass is 15.1. The highest BCUT2D eigenvalue weighted by Crippen LogP contribution is 2.06. The molecule has 0 aromatic carbocycles. The molecule has 2 rings (SSSR count). The van der Waals surface area contributed by atoms with Crippen LogP contribution in [0.2, 0.25) is 0 Å². The fourth-order valence-corrected chi connectivity index (χ4v) is 1.10. The van der Waals surface area contributed by atoms with Crippen LogP contribution >= 0.6 is 0 Å². The number of imidazole rings is 1. The predicted octanol–water partition coefficient (Wildman–Crippen LogP) is 0.553. The van der Waals surface area contributed by atoms with Gasteiger partial charge >= 0.3 is 0 Å². The minimum Gasteiger partial charge on any atom is -0.384 e. The molecule has 0 aliphatic heterocycles. The highest BCUT2D eigenvalue weighted by molar-refractivity contribution is 5.37. The van der Waals surface area contributed by atoms with Crippen molar-refractivity contribution in [2.24, 2.45) is 0 Å². The summed E-state index contributed by atoms with van der Waals surface area (Å²) >= 11 is 0. The molecule has 66 valence electrons. The maximum atomic E-state index is 5.58. The van der Waals surface area contributed by atoms with Crippen LogP contribution in [-0.2, 0) is 0 Å². The predicted molar refractivity (Wildman–Crippen MR) is 48.3 cm³/mol. The molecule has 5 heteroatoms. The van der Waals surface area contributed by atoms with Crippen molar-refractivity contribution in [1.82, 2.24) is 19.5 Å². The largest absolute Gasteiger partial charge is 0.384 e. The summed E-state index contributed by atoms with van der Waals surface area (Å²) in [6.45, 7) is 1.80. The lowest BCUT2D eigenvalue weighted by molar-refractivity contribution is 0.941. The van der Waals surface area contributed by atoms with Gasteiger partial charge in [-0.2, -0.15) is 0 Å². The van der Waals surface area contributed by atoms with Gasteiger partial charge in [-0.3, -0.25) is 4.57 Å². The van der Waals surface area contributed by atoms with Crippen LogP contribution in [0, 0.1) is 6.92 Å². The average molecular weight is 175 g/mol. The number of aromatic nitrogens is 4. The Bertz CT molecular complexity index is 386. The zero-order valence-corrected chi connectivity index (χ0v) is 7.18. The number of anilines is 1. The fourth-order valence-electron chi connectivity index (χ4n) is 1.10. The first kappa shape index (κ1) is 7.72. The van der Waals surface area contributed by atoms with Crippen LogP contribution in [0.15, 0.2) is 24.8 Å².